The maximum Gasteiger partial charge on any atom is 0.347 e. The Labute approximate surface area is 138 Å². The van der Waals surface area contributed by atoms with Gasteiger partial charge < -0.3 is 9.52 Å². The normalized spacial score (nSPS) is 14.3. The van der Waals surface area contributed by atoms with Gasteiger partial charge in [-0.25, -0.2) is 4.79 Å². The predicted molar refractivity (Wildman–Crippen MR) is 95.8 cm³/mol. The molecule has 0 aliphatic heterocycles. The van der Waals surface area contributed by atoms with Crippen LogP contribution in [0.15, 0.2) is 51.7 Å². The molecule has 0 atom stereocenters. The lowest BCUT2D eigenvalue weighted by Gasteiger charge is -2.20. The van der Waals surface area contributed by atoms with Crippen LogP contribution in [0.3, 0.4) is 0 Å². The molecule has 0 bridgehead atoms. The summed E-state index contributed by atoms with van der Waals surface area (Å²) >= 11 is 0. The Kier molecular flexibility index (Phi) is 2.75. The first kappa shape index (κ1) is 13.6. The minimum atomic E-state index is -0.460. The molecule has 118 valence electrons. The first-order valence-corrected chi connectivity index (χ1v) is 8.36. The lowest BCUT2D eigenvalue weighted by atomic mass is 9.86. The van der Waals surface area contributed by atoms with Crippen molar-refractivity contribution in [1.82, 2.24) is 0 Å². The van der Waals surface area contributed by atoms with E-state index in [-0.39, 0.29) is 5.75 Å². The molecule has 0 fully saturated rings. The number of aryl methyl sites for hydroxylation is 2. The molecule has 3 aromatic carbocycles. The van der Waals surface area contributed by atoms with Gasteiger partial charge in [0.25, 0.3) is 0 Å². The molecular formula is C21H16O3. The van der Waals surface area contributed by atoms with E-state index in [1.54, 1.807) is 6.07 Å². The SMILES string of the molecule is O=c1oc2ccc3ccccc3c2c2c3c(cc(O)c12)CCCC3. The second-order valence-corrected chi connectivity index (χ2v) is 6.54. The quantitative estimate of drug-likeness (QED) is 0.378. The third kappa shape index (κ3) is 1.75. The first-order valence-electron chi connectivity index (χ1n) is 8.36. The maximum atomic E-state index is 12.5. The van der Waals surface area contributed by atoms with Crippen molar-refractivity contribution in [3.63, 3.8) is 0 Å². The zero-order valence-corrected chi connectivity index (χ0v) is 13.1. The highest BCUT2D eigenvalue weighted by Gasteiger charge is 2.21. The maximum absolute atomic E-state index is 12.5. The van der Waals surface area contributed by atoms with Gasteiger partial charge in [-0.15, -0.1) is 0 Å². The van der Waals surface area contributed by atoms with Gasteiger partial charge in [-0.3, -0.25) is 0 Å². The number of aromatic hydroxyl groups is 1. The van der Waals surface area contributed by atoms with Crippen molar-refractivity contribution in [3.05, 3.63) is 64.0 Å². The van der Waals surface area contributed by atoms with Gasteiger partial charge in [0.05, 0.1) is 0 Å². The molecule has 3 heteroatoms. The van der Waals surface area contributed by atoms with E-state index in [1.807, 2.05) is 24.3 Å². The number of benzene rings is 3. The van der Waals surface area contributed by atoms with Crippen LogP contribution in [0.2, 0.25) is 0 Å². The largest absolute Gasteiger partial charge is 0.507 e. The Morgan fingerprint density at radius 2 is 1.75 bits per heavy atom. The molecule has 4 aromatic rings. The standard InChI is InChI=1S/C21H16O3/c22-16-11-13-6-2-4-8-15(13)19-18-14-7-3-1-5-12(14)9-10-17(18)24-21(23)20(16)19/h1,3,5,7,9-11,22H,2,4,6,8H2. The molecule has 0 radical (unpaired) electrons. The average molecular weight is 316 g/mol. The Balaban J connectivity index is 2.15. The van der Waals surface area contributed by atoms with Crippen LogP contribution in [-0.2, 0) is 12.8 Å². The highest BCUT2D eigenvalue weighted by atomic mass is 16.4. The Morgan fingerprint density at radius 3 is 2.67 bits per heavy atom. The topological polar surface area (TPSA) is 50.4 Å². The number of phenolic OH excluding ortho intramolecular Hbond substituents is 1. The summed E-state index contributed by atoms with van der Waals surface area (Å²) in [6, 6.07) is 13.7. The van der Waals surface area contributed by atoms with E-state index in [2.05, 4.69) is 12.1 Å². The fourth-order valence-electron chi connectivity index (χ4n) is 4.12. The van der Waals surface area contributed by atoms with E-state index in [0.29, 0.717) is 11.0 Å². The molecule has 0 unspecified atom stereocenters. The van der Waals surface area contributed by atoms with Crippen LogP contribution in [0.1, 0.15) is 24.0 Å². The molecular weight excluding hydrogens is 300 g/mol. The third-order valence-corrected chi connectivity index (χ3v) is 5.18. The van der Waals surface area contributed by atoms with Crippen LogP contribution >= 0.6 is 0 Å². The van der Waals surface area contributed by atoms with Gasteiger partial charge in [-0.1, -0.05) is 30.3 Å². The van der Waals surface area contributed by atoms with Crippen LogP contribution in [-0.4, -0.2) is 5.11 Å². The molecule has 0 saturated heterocycles. The molecule has 0 amide bonds. The first-order chi connectivity index (χ1) is 11.7. The number of phenols is 1. The Bertz CT molecular complexity index is 1180. The fourth-order valence-corrected chi connectivity index (χ4v) is 4.12. The lowest BCUT2D eigenvalue weighted by molar-refractivity contribution is 0.476. The molecule has 24 heavy (non-hydrogen) atoms. The Hall–Kier alpha value is -2.81. The predicted octanol–water partition coefficient (Wildman–Crippen LogP) is 4.68. The van der Waals surface area contributed by atoms with Gasteiger partial charge >= 0.3 is 5.63 Å². The zero-order chi connectivity index (χ0) is 16.3. The van der Waals surface area contributed by atoms with Crippen molar-refractivity contribution in [2.75, 3.05) is 0 Å². The number of rotatable bonds is 0. The van der Waals surface area contributed by atoms with E-state index in [9.17, 15) is 9.90 Å². The van der Waals surface area contributed by atoms with Crippen molar-refractivity contribution in [3.8, 4) is 5.75 Å². The van der Waals surface area contributed by atoms with Crippen LogP contribution in [0.5, 0.6) is 5.75 Å². The van der Waals surface area contributed by atoms with E-state index in [0.717, 1.165) is 52.8 Å². The minimum absolute atomic E-state index is 0.0363. The number of hydrogen-bond donors (Lipinski definition) is 1. The summed E-state index contributed by atoms with van der Waals surface area (Å²) in [6.07, 6.45) is 4.12. The van der Waals surface area contributed by atoms with Gasteiger partial charge in [-0.05, 0) is 59.7 Å². The van der Waals surface area contributed by atoms with Gasteiger partial charge in [0.1, 0.15) is 16.7 Å². The van der Waals surface area contributed by atoms with E-state index < -0.39 is 5.63 Å². The lowest BCUT2D eigenvalue weighted by Crippen LogP contribution is -2.08. The fraction of sp³-hybridized carbons (Fsp3) is 0.190. The zero-order valence-electron chi connectivity index (χ0n) is 13.1. The van der Waals surface area contributed by atoms with Crippen LogP contribution in [0.25, 0.3) is 32.5 Å². The second kappa shape index (κ2) is 4.84. The van der Waals surface area contributed by atoms with Gasteiger partial charge in [0.15, 0.2) is 0 Å². The van der Waals surface area contributed by atoms with Crippen molar-refractivity contribution < 1.29 is 9.52 Å². The van der Waals surface area contributed by atoms with E-state index in [1.165, 1.54) is 5.56 Å². The van der Waals surface area contributed by atoms with Crippen molar-refractivity contribution in [2.24, 2.45) is 0 Å². The highest BCUT2D eigenvalue weighted by Crippen LogP contribution is 2.39. The van der Waals surface area contributed by atoms with Gasteiger partial charge in [0.2, 0.25) is 0 Å². The molecule has 1 aliphatic rings. The average Bonchev–Trinajstić information content (AvgIpc) is 2.61. The molecule has 0 saturated carbocycles. The van der Waals surface area contributed by atoms with Crippen molar-refractivity contribution >= 4 is 32.5 Å². The summed E-state index contributed by atoms with van der Waals surface area (Å²) in [4.78, 5) is 12.5. The summed E-state index contributed by atoms with van der Waals surface area (Å²) in [5.41, 5.74) is 2.48. The smallest absolute Gasteiger partial charge is 0.347 e. The summed E-state index contributed by atoms with van der Waals surface area (Å²) in [7, 11) is 0. The van der Waals surface area contributed by atoms with Crippen LogP contribution < -0.4 is 5.63 Å². The van der Waals surface area contributed by atoms with Crippen LogP contribution in [0, 0.1) is 0 Å². The van der Waals surface area contributed by atoms with E-state index in [4.69, 9.17) is 4.42 Å². The molecule has 1 heterocycles. The highest BCUT2D eigenvalue weighted by molar-refractivity contribution is 6.20. The Morgan fingerprint density at radius 1 is 0.917 bits per heavy atom. The van der Waals surface area contributed by atoms with E-state index >= 15 is 0 Å². The number of fused-ring (bicyclic) bond motifs is 7. The number of hydrogen-bond acceptors (Lipinski definition) is 3. The summed E-state index contributed by atoms with van der Waals surface area (Å²) in [5, 5.41) is 14.8. The van der Waals surface area contributed by atoms with Gasteiger partial charge in [-0.2, -0.15) is 0 Å². The van der Waals surface area contributed by atoms with Crippen molar-refractivity contribution in [2.45, 2.75) is 25.7 Å². The minimum Gasteiger partial charge on any atom is -0.507 e. The van der Waals surface area contributed by atoms with Crippen molar-refractivity contribution in [1.29, 1.82) is 0 Å². The summed E-state index contributed by atoms with van der Waals surface area (Å²) in [6.45, 7) is 0. The molecule has 1 aliphatic carbocycles. The molecule has 5 rings (SSSR count). The molecule has 0 spiro atoms. The molecule has 3 nitrogen and oxygen atoms in total. The summed E-state index contributed by atoms with van der Waals surface area (Å²) in [5.74, 6) is 0.0363. The van der Waals surface area contributed by atoms with Crippen LogP contribution in [0.4, 0.5) is 0 Å². The summed E-state index contributed by atoms with van der Waals surface area (Å²) < 4.78 is 5.54. The monoisotopic (exact) mass is 316 g/mol. The molecule has 1 N–H and O–H groups in total. The van der Waals surface area contributed by atoms with Gasteiger partial charge in [0, 0.05) is 10.8 Å². The second-order valence-electron chi connectivity index (χ2n) is 6.54. The molecule has 1 aromatic heterocycles. The third-order valence-electron chi connectivity index (χ3n) is 5.18.